The SMILES string of the molecule is Cl.O=C(N1CCCNCC1)C1(c2cccc(Br)c2)CCCCC1. The molecule has 2 aliphatic rings. The van der Waals surface area contributed by atoms with Crippen LogP contribution in [0, 0.1) is 0 Å². The number of carbonyl (C=O) groups excluding carboxylic acids is 1. The average Bonchev–Trinajstić information content (AvgIpc) is 2.84. The normalized spacial score (nSPS) is 21.2. The van der Waals surface area contributed by atoms with Gasteiger partial charge >= 0.3 is 0 Å². The van der Waals surface area contributed by atoms with Crippen molar-refractivity contribution < 1.29 is 4.79 Å². The predicted octanol–water partition coefficient (Wildman–Crippen LogP) is 3.89. The van der Waals surface area contributed by atoms with Crippen LogP contribution in [0.25, 0.3) is 0 Å². The van der Waals surface area contributed by atoms with Gasteiger partial charge in [-0.2, -0.15) is 0 Å². The molecule has 1 heterocycles. The predicted molar refractivity (Wildman–Crippen MR) is 100 cm³/mol. The van der Waals surface area contributed by atoms with Crippen molar-refractivity contribution >= 4 is 34.2 Å². The van der Waals surface area contributed by atoms with Gasteiger partial charge in [0.1, 0.15) is 0 Å². The van der Waals surface area contributed by atoms with Gasteiger partial charge in [0.25, 0.3) is 0 Å². The standard InChI is InChI=1S/C18H25BrN2O.ClH/c19-16-7-4-6-15(14-16)18(8-2-1-3-9-18)17(22)21-12-5-10-20-11-13-21;/h4,6-7,14,20H,1-3,5,8-13H2;1H. The summed E-state index contributed by atoms with van der Waals surface area (Å²) in [5.41, 5.74) is 0.899. The molecule has 23 heavy (non-hydrogen) atoms. The molecule has 1 aliphatic carbocycles. The molecule has 3 rings (SSSR count). The van der Waals surface area contributed by atoms with Crippen LogP contribution in [0.1, 0.15) is 44.1 Å². The van der Waals surface area contributed by atoms with Crippen LogP contribution < -0.4 is 5.32 Å². The van der Waals surface area contributed by atoms with E-state index < -0.39 is 0 Å². The first-order valence-electron chi connectivity index (χ1n) is 8.48. The third kappa shape index (κ3) is 4.09. The second-order valence-electron chi connectivity index (χ2n) is 6.55. The summed E-state index contributed by atoms with van der Waals surface area (Å²) < 4.78 is 1.07. The summed E-state index contributed by atoms with van der Waals surface area (Å²) in [6.07, 6.45) is 6.61. The van der Waals surface area contributed by atoms with E-state index in [2.05, 4.69) is 44.3 Å². The van der Waals surface area contributed by atoms with Gasteiger partial charge in [-0.05, 0) is 43.5 Å². The molecule has 0 bridgehead atoms. The van der Waals surface area contributed by atoms with Crippen molar-refractivity contribution in [3.05, 3.63) is 34.3 Å². The number of amides is 1. The molecule has 1 saturated carbocycles. The van der Waals surface area contributed by atoms with Crippen molar-refractivity contribution in [2.45, 2.75) is 43.9 Å². The van der Waals surface area contributed by atoms with Crippen LogP contribution in [-0.2, 0) is 10.2 Å². The first-order chi connectivity index (χ1) is 10.7. The molecular weight excluding hydrogens is 376 g/mol. The Labute approximate surface area is 153 Å². The Morgan fingerprint density at radius 1 is 1.09 bits per heavy atom. The average molecular weight is 402 g/mol. The van der Waals surface area contributed by atoms with Gasteiger partial charge in [-0.15, -0.1) is 12.4 Å². The summed E-state index contributed by atoms with van der Waals surface area (Å²) in [7, 11) is 0. The molecule has 128 valence electrons. The minimum absolute atomic E-state index is 0. The minimum atomic E-state index is -0.299. The largest absolute Gasteiger partial charge is 0.341 e. The van der Waals surface area contributed by atoms with Gasteiger partial charge in [-0.3, -0.25) is 4.79 Å². The fourth-order valence-corrected chi connectivity index (χ4v) is 4.32. The lowest BCUT2D eigenvalue weighted by atomic mass is 9.68. The maximum absolute atomic E-state index is 13.4. The molecule has 2 fully saturated rings. The van der Waals surface area contributed by atoms with Gasteiger partial charge in [0.05, 0.1) is 5.41 Å². The monoisotopic (exact) mass is 400 g/mol. The summed E-state index contributed by atoms with van der Waals surface area (Å²) in [4.78, 5) is 15.5. The van der Waals surface area contributed by atoms with Crippen LogP contribution in [0.2, 0.25) is 0 Å². The second-order valence-corrected chi connectivity index (χ2v) is 7.46. The van der Waals surface area contributed by atoms with Crippen LogP contribution >= 0.6 is 28.3 Å². The lowest BCUT2D eigenvalue weighted by molar-refractivity contribution is -0.138. The van der Waals surface area contributed by atoms with E-state index in [-0.39, 0.29) is 17.8 Å². The van der Waals surface area contributed by atoms with Crippen molar-refractivity contribution in [2.24, 2.45) is 0 Å². The van der Waals surface area contributed by atoms with Gasteiger partial charge in [0, 0.05) is 24.1 Å². The van der Waals surface area contributed by atoms with E-state index in [9.17, 15) is 4.79 Å². The molecular formula is C18H26BrClN2O. The van der Waals surface area contributed by atoms with Gasteiger partial charge in [-0.1, -0.05) is 47.3 Å². The topological polar surface area (TPSA) is 32.3 Å². The highest BCUT2D eigenvalue weighted by Gasteiger charge is 2.43. The zero-order chi connectivity index (χ0) is 15.4. The van der Waals surface area contributed by atoms with Crippen LogP contribution in [-0.4, -0.2) is 37.0 Å². The van der Waals surface area contributed by atoms with E-state index in [1.165, 1.54) is 12.0 Å². The van der Waals surface area contributed by atoms with E-state index in [1.807, 2.05) is 6.07 Å². The highest BCUT2D eigenvalue weighted by molar-refractivity contribution is 9.10. The summed E-state index contributed by atoms with van der Waals surface area (Å²) in [6, 6.07) is 8.40. The fourth-order valence-electron chi connectivity index (χ4n) is 3.92. The molecule has 0 unspecified atom stereocenters. The third-order valence-electron chi connectivity index (χ3n) is 5.12. The van der Waals surface area contributed by atoms with E-state index in [1.54, 1.807) is 0 Å². The third-order valence-corrected chi connectivity index (χ3v) is 5.61. The quantitative estimate of drug-likeness (QED) is 0.815. The smallest absolute Gasteiger partial charge is 0.233 e. The maximum Gasteiger partial charge on any atom is 0.233 e. The highest BCUT2D eigenvalue weighted by Crippen LogP contribution is 2.41. The minimum Gasteiger partial charge on any atom is -0.341 e. The number of rotatable bonds is 2. The Morgan fingerprint density at radius 3 is 2.61 bits per heavy atom. The Morgan fingerprint density at radius 2 is 1.87 bits per heavy atom. The molecule has 1 saturated heterocycles. The Balaban J connectivity index is 0.00000192. The van der Waals surface area contributed by atoms with Crippen molar-refractivity contribution in [2.75, 3.05) is 26.2 Å². The highest BCUT2D eigenvalue weighted by atomic mass is 79.9. The Bertz CT molecular complexity index is 524. The number of nitrogens with one attached hydrogen (secondary N) is 1. The Hall–Kier alpha value is -0.580. The number of hydrogen-bond acceptors (Lipinski definition) is 2. The molecule has 0 aromatic heterocycles. The molecule has 1 aliphatic heterocycles. The van der Waals surface area contributed by atoms with Crippen molar-refractivity contribution in [1.29, 1.82) is 0 Å². The number of benzene rings is 1. The maximum atomic E-state index is 13.4. The molecule has 1 N–H and O–H groups in total. The van der Waals surface area contributed by atoms with Crippen LogP contribution in [0.5, 0.6) is 0 Å². The molecule has 1 aromatic rings. The van der Waals surface area contributed by atoms with Crippen LogP contribution in [0.3, 0.4) is 0 Å². The molecule has 1 amide bonds. The van der Waals surface area contributed by atoms with Gasteiger partial charge < -0.3 is 10.2 Å². The van der Waals surface area contributed by atoms with E-state index in [4.69, 9.17) is 0 Å². The number of carbonyl (C=O) groups is 1. The Kier molecular flexibility index (Phi) is 6.93. The second kappa shape index (κ2) is 8.50. The van der Waals surface area contributed by atoms with E-state index in [0.717, 1.165) is 62.8 Å². The van der Waals surface area contributed by atoms with Crippen LogP contribution in [0.4, 0.5) is 0 Å². The van der Waals surface area contributed by atoms with E-state index >= 15 is 0 Å². The van der Waals surface area contributed by atoms with Crippen molar-refractivity contribution in [3.63, 3.8) is 0 Å². The van der Waals surface area contributed by atoms with Crippen molar-refractivity contribution in [1.82, 2.24) is 10.2 Å². The van der Waals surface area contributed by atoms with Gasteiger partial charge in [0.15, 0.2) is 0 Å². The first-order valence-corrected chi connectivity index (χ1v) is 9.28. The summed E-state index contributed by atoms with van der Waals surface area (Å²) in [6.45, 7) is 3.67. The zero-order valence-corrected chi connectivity index (χ0v) is 15.9. The van der Waals surface area contributed by atoms with Gasteiger partial charge in [0.2, 0.25) is 5.91 Å². The first kappa shape index (κ1) is 18.8. The van der Waals surface area contributed by atoms with Crippen LogP contribution in [0.15, 0.2) is 28.7 Å². The fraction of sp³-hybridized carbons (Fsp3) is 0.611. The number of nitrogens with zero attached hydrogens (tertiary/aromatic N) is 1. The molecule has 0 atom stereocenters. The number of hydrogen-bond donors (Lipinski definition) is 1. The van der Waals surface area contributed by atoms with E-state index in [0.29, 0.717) is 5.91 Å². The van der Waals surface area contributed by atoms with Gasteiger partial charge in [-0.25, -0.2) is 0 Å². The lowest BCUT2D eigenvalue weighted by Crippen LogP contribution is -2.49. The lowest BCUT2D eigenvalue weighted by Gasteiger charge is -2.40. The summed E-state index contributed by atoms with van der Waals surface area (Å²) in [5.74, 6) is 0.356. The molecule has 5 heteroatoms. The molecule has 1 aromatic carbocycles. The molecule has 3 nitrogen and oxygen atoms in total. The van der Waals surface area contributed by atoms with Crippen molar-refractivity contribution in [3.8, 4) is 0 Å². The summed E-state index contributed by atoms with van der Waals surface area (Å²) in [5, 5.41) is 3.40. The molecule has 0 radical (unpaired) electrons. The zero-order valence-electron chi connectivity index (χ0n) is 13.5. The summed E-state index contributed by atoms with van der Waals surface area (Å²) >= 11 is 3.58. The molecule has 0 spiro atoms. The number of halogens is 2.